The summed E-state index contributed by atoms with van der Waals surface area (Å²) in [7, 11) is 1.34. The van der Waals surface area contributed by atoms with Crippen molar-refractivity contribution in [2.45, 2.75) is 184 Å². The summed E-state index contributed by atoms with van der Waals surface area (Å²) in [4.78, 5) is 91.1. The van der Waals surface area contributed by atoms with Crippen LogP contribution in [0.5, 0.6) is 0 Å². The minimum atomic E-state index is -1.04. The van der Waals surface area contributed by atoms with Gasteiger partial charge in [-0.15, -0.1) is 0 Å². The van der Waals surface area contributed by atoms with E-state index >= 15 is 0 Å². The highest BCUT2D eigenvalue weighted by Gasteiger charge is 2.29. The van der Waals surface area contributed by atoms with E-state index < -0.39 is 24.0 Å². The number of rotatable bonds is 42. The average Bonchev–Trinajstić information content (AvgIpc) is 1.18. The third-order valence-corrected chi connectivity index (χ3v) is 19.2. The van der Waals surface area contributed by atoms with Crippen LogP contribution in [0, 0.1) is 11.8 Å². The normalized spacial score (nSPS) is 13.5. The number of methoxy groups -OCH3 is 1. The number of aromatic nitrogens is 4. The van der Waals surface area contributed by atoms with E-state index in [1.165, 1.54) is 29.4 Å². The van der Waals surface area contributed by atoms with Crippen molar-refractivity contribution >= 4 is 80.6 Å². The second kappa shape index (κ2) is 44.4. The predicted molar refractivity (Wildman–Crippen MR) is 407 cm³/mol. The van der Waals surface area contributed by atoms with Crippen molar-refractivity contribution in [2.75, 3.05) is 57.3 Å². The Kier molecular flexibility index (Phi) is 36.7. The number of esters is 1. The first-order valence-corrected chi connectivity index (χ1v) is 37.7. The number of carbonyl (C=O) groups excluding carboxylic acids is 5. The van der Waals surface area contributed by atoms with Crippen LogP contribution >= 0.6 is 23.5 Å². The minimum Gasteiger partial charge on any atom is -0.480 e. The van der Waals surface area contributed by atoms with Gasteiger partial charge >= 0.3 is 11.9 Å². The Hall–Kier alpha value is -7.78. The van der Waals surface area contributed by atoms with Crippen molar-refractivity contribution in [3.63, 3.8) is 0 Å². The minimum absolute atomic E-state index is 0.00114. The highest BCUT2D eigenvalue weighted by molar-refractivity contribution is 7.98. The van der Waals surface area contributed by atoms with E-state index in [1.807, 2.05) is 62.9 Å². The Morgan fingerprint density at radius 3 is 1.35 bits per heavy atom. The number of carbonyl (C=O) groups is 6. The number of ether oxygens (including phenoxy) is 1. The molecule has 4 amide bonds. The van der Waals surface area contributed by atoms with Crippen molar-refractivity contribution in [3.8, 4) is 0 Å². The van der Waals surface area contributed by atoms with E-state index in [-0.39, 0.29) is 73.5 Å². The summed E-state index contributed by atoms with van der Waals surface area (Å²) < 4.78 is 9.01. The second-order valence-corrected chi connectivity index (χ2v) is 28.5. The molecular weight excluding hydrogens is 1280 g/mol. The van der Waals surface area contributed by atoms with Crippen LogP contribution in [0.25, 0.3) is 21.5 Å². The monoisotopic (exact) mass is 1390 g/mol. The molecule has 99 heavy (non-hydrogen) atoms. The number of imidazole rings is 2. The van der Waals surface area contributed by atoms with Crippen molar-refractivity contribution in [1.29, 1.82) is 0 Å². The van der Waals surface area contributed by atoms with Crippen molar-refractivity contribution in [2.24, 2.45) is 11.8 Å². The molecule has 6 aromatic rings. The molecular formula is C79H112N10O8S2. The smallest absolute Gasteiger partial charge is 0.328 e. The van der Waals surface area contributed by atoms with Gasteiger partial charge in [0.1, 0.15) is 12.1 Å². The number of nitrogens with one attached hydrogen (secondary N) is 4. The van der Waals surface area contributed by atoms with Crippen LogP contribution in [0.15, 0.2) is 157 Å². The van der Waals surface area contributed by atoms with Gasteiger partial charge in [0.15, 0.2) is 0 Å². The lowest BCUT2D eigenvalue weighted by molar-refractivity contribution is -0.145. The lowest BCUT2D eigenvalue weighted by Crippen LogP contribution is -2.51. The number of allylic oxidation sites excluding steroid dienone is 8. The Bertz CT molecular complexity index is 3630. The van der Waals surface area contributed by atoms with Gasteiger partial charge in [0.25, 0.3) is 0 Å². The summed E-state index contributed by atoms with van der Waals surface area (Å²) in [5, 5.41) is 26.4. The van der Waals surface area contributed by atoms with Gasteiger partial charge in [-0.3, -0.25) is 29.0 Å². The summed E-state index contributed by atoms with van der Waals surface area (Å²) >= 11 is 3.16. The number of hydrogen-bond donors (Lipinski definition) is 5. The molecule has 6 atom stereocenters. The first-order chi connectivity index (χ1) is 47.5. The molecule has 2 heterocycles. The average molecular weight is 1390 g/mol. The Morgan fingerprint density at radius 2 is 0.960 bits per heavy atom. The number of nitrogens with zero attached hydrogens (tertiary/aromatic N) is 6. The lowest BCUT2D eigenvalue weighted by atomic mass is 9.97. The molecule has 0 aliphatic carbocycles. The molecule has 5 N–H and O–H groups in total. The van der Waals surface area contributed by atoms with Crippen LogP contribution in [0.3, 0.4) is 0 Å². The highest BCUT2D eigenvalue weighted by atomic mass is 32.2. The van der Waals surface area contributed by atoms with Crippen LogP contribution < -0.4 is 21.3 Å². The van der Waals surface area contributed by atoms with Crippen molar-refractivity contribution in [1.82, 2.24) is 50.2 Å². The first-order valence-electron chi connectivity index (χ1n) is 34.9. The van der Waals surface area contributed by atoms with E-state index in [2.05, 4.69) is 178 Å². The SMILES string of the molecule is CC[C@H](C)[C@@H](CN(CC(=O)N[C@@H](CCSC)C(=O)O)Cc1cccc2ccccc12)NC(=O)Cc1cncn1CC=C(C)CCC=C(C)C.CC[C@H](C)[C@@H](CN(CC(=O)N[C@@H](CCSC)C(=O)OC)Cc1cccc2ccccc12)NC(=O)Cc1cncn1CC=C(C)CCC=C(C)C. The standard InChI is InChI=1S/C40H57N5O4S.C39H55N5O4S/c1-8-31(5)37(43-38(46)23-34-24-41-28-45(34)21-19-30(4)14-11-13-29(2)3)26-44(25-33-17-12-16-32-15-9-10-18-35(32)33)27-39(47)42-36(20-22-50-7)40(48)49-6;1-7-30(5)36(42-37(45)22-33-23-40-27-44(33)20-18-29(4)13-10-12-28(2)3)25-43(26-38(46)41-35(39(47)48)19-21-49-6)24-32-16-11-15-31-14-8-9-17-34(31)32/h9-10,12-13,15-19,24,28,31,36-37H,8,11,14,20-23,25-27H2,1-7H3,(H,42,47)(H,43,46);8-9,11-12,14-18,23,27,30,35-36H,7,10,13,19-22,24-26H2,1-6H3,(H,41,46)(H,42,45)(H,47,48)/t31-,36-,37+;30-,35-,36+/m00/s1. The summed E-state index contributed by atoms with van der Waals surface area (Å²) in [6, 6.07) is 26.6. The maximum Gasteiger partial charge on any atom is 0.328 e. The zero-order valence-electron chi connectivity index (χ0n) is 61.1. The van der Waals surface area contributed by atoms with Gasteiger partial charge in [-0.05, 0) is 149 Å². The largest absolute Gasteiger partial charge is 0.480 e. The number of thioether (sulfide) groups is 2. The summed E-state index contributed by atoms with van der Waals surface area (Å²) in [6.07, 6.45) is 26.8. The van der Waals surface area contributed by atoms with Gasteiger partial charge in [0.2, 0.25) is 23.6 Å². The molecule has 0 saturated heterocycles. The summed E-state index contributed by atoms with van der Waals surface area (Å²) in [5.74, 6) is -0.665. The molecule has 18 nitrogen and oxygen atoms in total. The number of hydrogen-bond acceptors (Lipinski definition) is 13. The van der Waals surface area contributed by atoms with Crippen molar-refractivity contribution in [3.05, 3.63) is 179 Å². The first kappa shape index (κ1) is 81.9. The molecule has 0 saturated carbocycles. The predicted octanol–water partition coefficient (Wildman–Crippen LogP) is 13.3. The Balaban J connectivity index is 0.000000357. The number of fused-ring (bicyclic) bond motifs is 2. The Morgan fingerprint density at radius 1 is 0.556 bits per heavy atom. The molecule has 0 fully saturated rings. The van der Waals surface area contributed by atoms with Crippen LogP contribution in [0.4, 0.5) is 0 Å². The Labute approximate surface area is 598 Å². The summed E-state index contributed by atoms with van der Waals surface area (Å²) in [6.45, 7) is 24.4. The maximum atomic E-state index is 13.6. The molecule has 0 aliphatic rings. The quantitative estimate of drug-likeness (QED) is 0.0178. The second-order valence-electron chi connectivity index (χ2n) is 26.6. The molecule has 20 heteroatoms. The number of carboxylic acid groups (broad SMARTS) is 1. The third-order valence-electron chi connectivity index (χ3n) is 18.0. The fourth-order valence-electron chi connectivity index (χ4n) is 11.6. The van der Waals surface area contributed by atoms with E-state index in [0.717, 1.165) is 82.6 Å². The number of benzene rings is 4. The van der Waals surface area contributed by atoms with E-state index in [1.54, 1.807) is 48.6 Å². The third kappa shape index (κ3) is 29.5. The van der Waals surface area contributed by atoms with Gasteiger partial charge in [0, 0.05) is 75.1 Å². The lowest BCUT2D eigenvalue weighted by Gasteiger charge is -2.32. The highest BCUT2D eigenvalue weighted by Crippen LogP contribution is 2.24. The molecule has 0 bridgehead atoms. The van der Waals surface area contributed by atoms with Gasteiger partial charge < -0.3 is 40.2 Å². The fraction of sp³-hybridized carbons (Fsp3) is 0.494. The summed E-state index contributed by atoms with van der Waals surface area (Å²) in [5.41, 5.74) is 9.09. The molecule has 0 spiro atoms. The molecule has 0 aliphatic heterocycles. The van der Waals surface area contributed by atoms with Crippen molar-refractivity contribution < 1.29 is 38.6 Å². The maximum absolute atomic E-state index is 13.6. The van der Waals surface area contributed by atoms with Gasteiger partial charge in [-0.1, -0.05) is 172 Å². The zero-order chi connectivity index (χ0) is 72.2. The van der Waals surface area contributed by atoms with Gasteiger partial charge in [-0.25, -0.2) is 19.6 Å². The molecule has 4 aromatic carbocycles. The van der Waals surface area contributed by atoms with E-state index in [9.17, 15) is 33.9 Å². The molecule has 6 rings (SSSR count). The number of aliphatic carboxylic acids is 1. The van der Waals surface area contributed by atoms with Crippen LogP contribution in [0.2, 0.25) is 0 Å². The molecule has 0 unspecified atom stereocenters. The topological polar surface area (TPSA) is 222 Å². The molecule has 2 aromatic heterocycles. The molecule has 0 radical (unpaired) electrons. The van der Waals surface area contributed by atoms with Gasteiger partial charge in [-0.2, -0.15) is 23.5 Å². The van der Waals surface area contributed by atoms with Gasteiger partial charge in [0.05, 0.1) is 45.7 Å². The molecule has 538 valence electrons. The number of amides is 4. The zero-order valence-corrected chi connectivity index (χ0v) is 62.7. The fourth-order valence-corrected chi connectivity index (χ4v) is 12.6. The van der Waals surface area contributed by atoms with Crippen LogP contribution in [-0.2, 0) is 72.5 Å². The van der Waals surface area contributed by atoms with E-state index in [4.69, 9.17) is 4.74 Å². The van der Waals surface area contributed by atoms with Crippen LogP contribution in [0.1, 0.15) is 143 Å². The van der Waals surface area contributed by atoms with E-state index in [0.29, 0.717) is 63.6 Å². The van der Waals surface area contributed by atoms with Crippen LogP contribution in [-0.4, -0.2) is 151 Å². The number of carboxylic acids is 1.